The van der Waals surface area contributed by atoms with Gasteiger partial charge in [0.2, 0.25) is 0 Å². The summed E-state index contributed by atoms with van der Waals surface area (Å²) in [5.41, 5.74) is 39.8. The summed E-state index contributed by atoms with van der Waals surface area (Å²) in [5, 5.41) is 5.41. The normalized spacial score (nSPS) is 12.3. The number of fused-ring (bicyclic) bond motifs is 22. The Kier molecular flexibility index (Phi) is 15.1. The van der Waals surface area contributed by atoms with Crippen molar-refractivity contribution in [2.45, 2.75) is 59.8 Å². The smallest absolute Gasteiger partial charge is 0.0530 e. The highest BCUT2D eigenvalue weighted by molar-refractivity contribution is 6.11. The van der Waals surface area contributed by atoms with E-state index >= 15 is 0 Å². The Morgan fingerprint density at radius 2 is 0.604 bits per heavy atom. The van der Waals surface area contributed by atoms with Gasteiger partial charge in [-0.2, -0.15) is 0 Å². The molecule has 5 aliphatic rings. The fraction of sp³-hybridized carbons (Fsp3) is 0.124. The van der Waals surface area contributed by atoms with Gasteiger partial charge in [0.05, 0.1) is 5.52 Å². The van der Waals surface area contributed by atoms with E-state index in [4.69, 9.17) is 0 Å². The Morgan fingerprint density at radius 3 is 1.23 bits per heavy atom. The number of rotatable bonds is 0. The van der Waals surface area contributed by atoms with Crippen molar-refractivity contribution in [3.63, 3.8) is 0 Å². The monoisotopic (exact) mass is 1170 g/mol. The van der Waals surface area contributed by atoms with Gasteiger partial charge in [0.1, 0.15) is 0 Å². The third-order valence-corrected chi connectivity index (χ3v) is 19.7. The molecule has 0 bridgehead atoms. The molecule has 2 heteroatoms. The van der Waals surface area contributed by atoms with Crippen LogP contribution in [0.4, 0.5) is 0 Å². The largest absolute Gasteiger partial charge is 0.344 e. The van der Waals surface area contributed by atoms with Crippen LogP contribution in [0.5, 0.6) is 0 Å². The second-order valence-corrected chi connectivity index (χ2v) is 25.4. The average molecular weight is 1170 g/mol. The predicted molar refractivity (Wildman–Crippen MR) is 387 cm³/mol. The third kappa shape index (κ3) is 10.6. The Balaban J connectivity index is 0.0000000916. The number of para-hydroxylation sites is 3. The standard InChI is InChI=1S/C20H15N.4C14H12.C13H11N/c1-21-19-9-5-4-8-16(19)17-11-10-15-14-7-3-2-6-13(14)12-18(15)20(17)21;1-10-5-4-7-12-9-11-6-2-3-8-13(11)14(10)12;1-10-5-4-8-13-12-7-3-2-6-11(12)9-14(10)13;1-10-6-7-14-12(8-10)9-11-4-2-3-5-13(11)14;1-10-6-7-12-9-11-4-2-3-5-13(11)14(12)8-10;1-14-12-8-4-2-6-10(12)11-7-3-5-9-13(11)14/h2-11H,12H2,1H3;4*2-8H,9H2,1H3;2-9H,1H3. The molecule has 0 saturated heterocycles. The van der Waals surface area contributed by atoms with Crippen molar-refractivity contribution >= 4 is 43.6 Å². The van der Waals surface area contributed by atoms with Gasteiger partial charge in [-0.15, -0.1) is 0 Å². The molecule has 0 aliphatic heterocycles. The molecule has 0 atom stereocenters. The second-order valence-electron chi connectivity index (χ2n) is 25.4. The van der Waals surface area contributed by atoms with Gasteiger partial charge >= 0.3 is 0 Å². The van der Waals surface area contributed by atoms with E-state index in [-0.39, 0.29) is 0 Å². The molecule has 2 aromatic heterocycles. The average Bonchev–Trinajstić information content (AvgIpc) is 1.61. The lowest BCUT2D eigenvalue weighted by molar-refractivity contribution is 1.00. The molecule has 5 aliphatic carbocycles. The zero-order valence-corrected chi connectivity index (χ0v) is 53.0. The molecule has 0 saturated carbocycles. The van der Waals surface area contributed by atoms with Gasteiger partial charge < -0.3 is 9.13 Å². The first-order valence-electron chi connectivity index (χ1n) is 32.3. The molecule has 0 unspecified atom stereocenters. The molecule has 0 amide bonds. The lowest BCUT2D eigenvalue weighted by Gasteiger charge is -2.05. The summed E-state index contributed by atoms with van der Waals surface area (Å²) in [6.07, 6.45) is 5.47. The SMILES string of the molecule is Cc1ccc2c(c1)-c1ccccc1C2.Cc1ccc2c(c1)Cc1ccccc1-2.Cc1cccc2c1-c1ccccc1C2.Cc1cccc2c1Cc1ccccc1-2.Cn1c2ccccc2c2ccc3c(c21)Cc1ccccc1-3.Cn1c2ccccc2c2ccccc21. The van der Waals surface area contributed by atoms with Crippen LogP contribution >= 0.6 is 0 Å². The van der Waals surface area contributed by atoms with Crippen LogP contribution in [0, 0.1) is 27.7 Å². The number of hydrogen-bond acceptors (Lipinski definition) is 0. The molecule has 20 rings (SSSR count). The first kappa shape index (κ1) is 56.9. The minimum atomic E-state index is 1.05. The highest BCUT2D eigenvalue weighted by Crippen LogP contribution is 2.44. The molecular weight excluding hydrogens is 1100 g/mol. The van der Waals surface area contributed by atoms with E-state index in [1.54, 1.807) is 0 Å². The zero-order valence-electron chi connectivity index (χ0n) is 53.0. The molecule has 0 radical (unpaired) electrons. The number of aromatic nitrogens is 2. The number of hydrogen-bond donors (Lipinski definition) is 0. The maximum atomic E-state index is 2.36. The fourth-order valence-corrected chi connectivity index (χ4v) is 15.2. The van der Waals surface area contributed by atoms with Gasteiger partial charge in [-0.3, -0.25) is 0 Å². The molecule has 0 N–H and O–H groups in total. The first-order chi connectivity index (χ1) is 44.6. The molecule has 0 fully saturated rings. The van der Waals surface area contributed by atoms with Crippen molar-refractivity contribution in [3.05, 3.63) is 357 Å². The molecule has 0 spiro atoms. The maximum Gasteiger partial charge on any atom is 0.0530 e. The molecule has 440 valence electrons. The molecule has 15 aromatic rings. The number of aryl methyl sites for hydroxylation is 6. The summed E-state index contributed by atoms with van der Waals surface area (Å²) >= 11 is 0. The first-order valence-corrected chi connectivity index (χ1v) is 32.3. The van der Waals surface area contributed by atoms with E-state index < -0.39 is 0 Å². The molecule has 13 aromatic carbocycles. The minimum Gasteiger partial charge on any atom is -0.344 e. The molecule has 2 nitrogen and oxygen atoms in total. The summed E-state index contributed by atoms with van der Waals surface area (Å²) in [4.78, 5) is 0. The van der Waals surface area contributed by atoms with E-state index in [2.05, 4.69) is 330 Å². The van der Waals surface area contributed by atoms with Crippen LogP contribution in [0.1, 0.15) is 77.9 Å². The van der Waals surface area contributed by atoms with Crippen LogP contribution in [0.2, 0.25) is 0 Å². The fourth-order valence-electron chi connectivity index (χ4n) is 15.2. The van der Waals surface area contributed by atoms with E-state index in [9.17, 15) is 0 Å². The van der Waals surface area contributed by atoms with Crippen molar-refractivity contribution in [2.24, 2.45) is 14.1 Å². The Bertz CT molecular complexity index is 5230. The lowest BCUT2D eigenvalue weighted by atomic mass is 10.0. The van der Waals surface area contributed by atoms with E-state index in [1.165, 1.54) is 177 Å². The van der Waals surface area contributed by atoms with Gasteiger partial charge in [0, 0.05) is 58.6 Å². The molecule has 91 heavy (non-hydrogen) atoms. The summed E-state index contributed by atoms with van der Waals surface area (Å²) in [7, 11) is 4.30. The summed E-state index contributed by atoms with van der Waals surface area (Å²) in [5.74, 6) is 0. The summed E-state index contributed by atoms with van der Waals surface area (Å²) < 4.78 is 4.60. The quantitative estimate of drug-likeness (QED) is 0.143. The van der Waals surface area contributed by atoms with Crippen LogP contribution in [-0.4, -0.2) is 9.13 Å². The van der Waals surface area contributed by atoms with E-state index in [0.717, 1.165) is 32.1 Å². The summed E-state index contributed by atoms with van der Waals surface area (Å²) in [6.45, 7) is 8.70. The van der Waals surface area contributed by atoms with Crippen LogP contribution in [-0.2, 0) is 46.2 Å². The minimum absolute atomic E-state index is 1.05. The highest BCUT2D eigenvalue weighted by atomic mass is 14.9. The van der Waals surface area contributed by atoms with Crippen LogP contribution in [0.25, 0.3) is 99.2 Å². The van der Waals surface area contributed by atoms with Gasteiger partial charge in [0.15, 0.2) is 0 Å². The molecule has 2 heterocycles. The Hall–Kier alpha value is -10.5. The molecular formula is C89H74N2. The second kappa shape index (κ2) is 24.1. The predicted octanol–water partition coefficient (Wildman–Crippen LogP) is 22.5. The van der Waals surface area contributed by atoms with Crippen molar-refractivity contribution < 1.29 is 0 Å². The van der Waals surface area contributed by atoms with E-state index in [0.29, 0.717) is 0 Å². The third-order valence-electron chi connectivity index (χ3n) is 19.7. The number of nitrogens with zero attached hydrogens (tertiary/aromatic N) is 2. The Morgan fingerprint density at radius 1 is 0.231 bits per heavy atom. The highest BCUT2D eigenvalue weighted by Gasteiger charge is 2.24. The van der Waals surface area contributed by atoms with Crippen molar-refractivity contribution in [1.29, 1.82) is 0 Å². The van der Waals surface area contributed by atoms with Crippen molar-refractivity contribution in [3.8, 4) is 55.6 Å². The van der Waals surface area contributed by atoms with E-state index in [1.807, 2.05) is 0 Å². The lowest BCUT2D eigenvalue weighted by Crippen LogP contribution is -1.91. The number of benzene rings is 13. The zero-order chi connectivity index (χ0) is 61.7. The van der Waals surface area contributed by atoms with Crippen molar-refractivity contribution in [2.75, 3.05) is 0 Å². The van der Waals surface area contributed by atoms with Crippen LogP contribution in [0.15, 0.2) is 279 Å². The van der Waals surface area contributed by atoms with Crippen LogP contribution < -0.4 is 0 Å². The van der Waals surface area contributed by atoms with Gasteiger partial charge in [-0.1, -0.05) is 272 Å². The topological polar surface area (TPSA) is 9.86 Å². The summed E-state index contributed by atoms with van der Waals surface area (Å²) in [6, 6.07) is 101. The van der Waals surface area contributed by atoms with Crippen molar-refractivity contribution in [1.82, 2.24) is 9.13 Å². The Labute approximate surface area is 536 Å². The van der Waals surface area contributed by atoms with Gasteiger partial charge in [0.25, 0.3) is 0 Å². The maximum absolute atomic E-state index is 2.36. The van der Waals surface area contributed by atoms with Crippen LogP contribution in [0.3, 0.4) is 0 Å². The van der Waals surface area contributed by atoms with Gasteiger partial charge in [-0.25, -0.2) is 0 Å². The van der Waals surface area contributed by atoms with Gasteiger partial charge in [-0.05, 0) is 194 Å².